The molecular weight excluding hydrogens is 236 g/mol. The zero-order valence-corrected chi connectivity index (χ0v) is 10.9. The highest BCUT2D eigenvalue weighted by Gasteiger charge is 2.19. The van der Waals surface area contributed by atoms with Gasteiger partial charge in [0.15, 0.2) is 5.78 Å². The van der Waals surface area contributed by atoms with Crippen LogP contribution in [0.2, 0.25) is 0 Å². The Kier molecular flexibility index (Phi) is 3.33. The number of aromatic nitrogens is 4. The topological polar surface area (TPSA) is 60.7 Å². The summed E-state index contributed by atoms with van der Waals surface area (Å²) in [5, 5.41) is 8.20. The number of carbonyl (C=O) groups excluding carboxylic acids is 1. The maximum atomic E-state index is 12.1. The van der Waals surface area contributed by atoms with Crippen LogP contribution < -0.4 is 0 Å². The molecule has 6 heteroatoms. The lowest BCUT2D eigenvalue weighted by Crippen LogP contribution is -2.06. The van der Waals surface area contributed by atoms with E-state index < -0.39 is 0 Å². The number of ketones is 1. The second kappa shape index (κ2) is 4.75. The first-order valence-corrected chi connectivity index (χ1v) is 6.19. The SMILES string of the molecule is CC(C)c1nnsc1C(=O)Cc1ccn(C)n1. The molecule has 0 radical (unpaired) electrons. The minimum atomic E-state index is 0.0439. The van der Waals surface area contributed by atoms with E-state index >= 15 is 0 Å². The standard InChI is InChI=1S/C11H14N4OS/c1-7(2)10-11(17-14-12-10)9(16)6-8-4-5-15(3)13-8/h4-5,7H,6H2,1-3H3. The summed E-state index contributed by atoms with van der Waals surface area (Å²) in [6, 6.07) is 1.85. The summed E-state index contributed by atoms with van der Waals surface area (Å²) in [5.74, 6) is 0.263. The number of carbonyl (C=O) groups is 1. The average Bonchev–Trinajstić information content (AvgIpc) is 2.86. The van der Waals surface area contributed by atoms with Crippen LogP contribution in [0.4, 0.5) is 0 Å². The Bertz CT molecular complexity index is 529. The second-order valence-electron chi connectivity index (χ2n) is 4.22. The maximum absolute atomic E-state index is 12.1. The van der Waals surface area contributed by atoms with E-state index in [4.69, 9.17) is 0 Å². The van der Waals surface area contributed by atoms with E-state index in [1.807, 2.05) is 33.2 Å². The molecule has 0 fully saturated rings. The molecule has 0 unspecified atom stereocenters. The zero-order chi connectivity index (χ0) is 12.4. The number of Topliss-reactive ketones (excluding diaryl/α,β-unsaturated/α-hetero) is 1. The van der Waals surface area contributed by atoms with E-state index in [1.54, 1.807) is 4.68 Å². The predicted octanol–water partition coefficient (Wildman–Crippen LogP) is 1.82. The summed E-state index contributed by atoms with van der Waals surface area (Å²) >= 11 is 1.17. The molecule has 0 aliphatic rings. The third-order valence-electron chi connectivity index (χ3n) is 2.42. The summed E-state index contributed by atoms with van der Waals surface area (Å²) in [6.07, 6.45) is 2.14. The largest absolute Gasteiger partial charge is 0.293 e. The van der Waals surface area contributed by atoms with Crippen LogP contribution >= 0.6 is 11.5 Å². The lowest BCUT2D eigenvalue weighted by Gasteiger charge is -2.01. The Hall–Kier alpha value is -1.56. The molecule has 5 nitrogen and oxygen atoms in total. The second-order valence-corrected chi connectivity index (χ2v) is 4.98. The van der Waals surface area contributed by atoms with Gasteiger partial charge >= 0.3 is 0 Å². The molecule has 2 rings (SSSR count). The molecule has 2 aromatic heterocycles. The third kappa shape index (κ3) is 2.58. The highest BCUT2D eigenvalue weighted by atomic mass is 32.1. The average molecular weight is 250 g/mol. The molecule has 17 heavy (non-hydrogen) atoms. The van der Waals surface area contributed by atoms with Gasteiger partial charge < -0.3 is 0 Å². The first kappa shape index (κ1) is 11.9. The van der Waals surface area contributed by atoms with Gasteiger partial charge in [-0.1, -0.05) is 18.3 Å². The van der Waals surface area contributed by atoms with Gasteiger partial charge in [0.2, 0.25) is 0 Å². The van der Waals surface area contributed by atoms with Gasteiger partial charge in [-0.3, -0.25) is 9.48 Å². The molecular formula is C11H14N4OS. The number of hydrogen-bond donors (Lipinski definition) is 0. The van der Waals surface area contributed by atoms with Gasteiger partial charge in [-0.25, -0.2) is 0 Å². The summed E-state index contributed by atoms with van der Waals surface area (Å²) in [4.78, 5) is 12.7. The predicted molar refractivity (Wildman–Crippen MR) is 65.2 cm³/mol. The fourth-order valence-electron chi connectivity index (χ4n) is 1.57. The van der Waals surface area contributed by atoms with E-state index in [-0.39, 0.29) is 11.7 Å². The number of aryl methyl sites for hydroxylation is 1. The van der Waals surface area contributed by atoms with Gasteiger partial charge in [-0.2, -0.15) is 5.10 Å². The summed E-state index contributed by atoms with van der Waals surface area (Å²) < 4.78 is 5.55. The van der Waals surface area contributed by atoms with Gasteiger partial charge in [0.05, 0.1) is 17.8 Å². The van der Waals surface area contributed by atoms with Crippen molar-refractivity contribution >= 4 is 17.3 Å². The molecule has 0 amide bonds. The van der Waals surface area contributed by atoms with Crippen LogP contribution in [0.25, 0.3) is 0 Å². The van der Waals surface area contributed by atoms with Crippen molar-refractivity contribution in [3.63, 3.8) is 0 Å². The van der Waals surface area contributed by atoms with E-state index in [0.717, 1.165) is 11.4 Å². The molecule has 0 saturated heterocycles. The molecule has 0 bridgehead atoms. The van der Waals surface area contributed by atoms with Crippen molar-refractivity contribution in [2.75, 3.05) is 0 Å². The first-order valence-electron chi connectivity index (χ1n) is 5.42. The van der Waals surface area contributed by atoms with E-state index in [1.165, 1.54) is 11.5 Å². The Morgan fingerprint density at radius 1 is 1.53 bits per heavy atom. The van der Waals surface area contributed by atoms with Gasteiger partial charge in [0, 0.05) is 13.2 Å². The summed E-state index contributed by atoms with van der Waals surface area (Å²) in [7, 11) is 1.84. The Labute approximate surface area is 104 Å². The van der Waals surface area contributed by atoms with Crippen molar-refractivity contribution in [1.29, 1.82) is 0 Å². The molecule has 0 saturated carbocycles. The van der Waals surface area contributed by atoms with Crippen molar-refractivity contribution in [1.82, 2.24) is 19.4 Å². The van der Waals surface area contributed by atoms with Gasteiger partial charge in [-0.05, 0) is 23.5 Å². The first-order chi connectivity index (χ1) is 8.08. The van der Waals surface area contributed by atoms with Crippen LogP contribution in [0, 0.1) is 0 Å². The minimum Gasteiger partial charge on any atom is -0.293 e. The van der Waals surface area contributed by atoms with Crippen LogP contribution in [-0.2, 0) is 13.5 Å². The van der Waals surface area contributed by atoms with E-state index in [2.05, 4.69) is 14.7 Å². The summed E-state index contributed by atoms with van der Waals surface area (Å²) in [6.45, 7) is 4.02. The van der Waals surface area contributed by atoms with Crippen molar-refractivity contribution in [2.24, 2.45) is 7.05 Å². The van der Waals surface area contributed by atoms with E-state index in [9.17, 15) is 4.79 Å². The molecule has 0 aliphatic heterocycles. The Balaban J connectivity index is 2.17. The van der Waals surface area contributed by atoms with Crippen molar-refractivity contribution in [3.8, 4) is 0 Å². The maximum Gasteiger partial charge on any atom is 0.182 e. The highest BCUT2D eigenvalue weighted by molar-refractivity contribution is 7.08. The normalized spacial score (nSPS) is 11.1. The lowest BCUT2D eigenvalue weighted by atomic mass is 10.1. The van der Waals surface area contributed by atoms with Crippen LogP contribution in [0.1, 0.15) is 40.8 Å². The van der Waals surface area contributed by atoms with Crippen molar-refractivity contribution < 1.29 is 4.79 Å². The third-order valence-corrected chi connectivity index (χ3v) is 3.21. The van der Waals surface area contributed by atoms with Crippen LogP contribution in [-0.4, -0.2) is 25.2 Å². The fourth-order valence-corrected chi connectivity index (χ4v) is 2.33. The van der Waals surface area contributed by atoms with Gasteiger partial charge in [0.25, 0.3) is 0 Å². The summed E-state index contributed by atoms with van der Waals surface area (Å²) in [5.41, 5.74) is 1.57. The Morgan fingerprint density at radius 3 is 2.88 bits per heavy atom. The Morgan fingerprint density at radius 2 is 2.29 bits per heavy atom. The van der Waals surface area contributed by atoms with Crippen molar-refractivity contribution in [3.05, 3.63) is 28.5 Å². The molecule has 0 atom stereocenters. The van der Waals surface area contributed by atoms with Crippen LogP contribution in [0.5, 0.6) is 0 Å². The molecule has 2 heterocycles. The number of nitrogens with zero attached hydrogens (tertiary/aromatic N) is 4. The molecule has 0 N–H and O–H groups in total. The van der Waals surface area contributed by atoms with Gasteiger partial charge in [0.1, 0.15) is 4.88 Å². The minimum absolute atomic E-state index is 0.0439. The molecule has 0 spiro atoms. The quantitative estimate of drug-likeness (QED) is 0.777. The number of hydrogen-bond acceptors (Lipinski definition) is 5. The monoisotopic (exact) mass is 250 g/mol. The molecule has 0 aliphatic carbocycles. The molecule has 0 aromatic carbocycles. The highest BCUT2D eigenvalue weighted by Crippen LogP contribution is 2.21. The van der Waals surface area contributed by atoms with Crippen LogP contribution in [0.15, 0.2) is 12.3 Å². The van der Waals surface area contributed by atoms with Crippen molar-refractivity contribution in [2.45, 2.75) is 26.2 Å². The van der Waals surface area contributed by atoms with E-state index in [0.29, 0.717) is 11.3 Å². The lowest BCUT2D eigenvalue weighted by molar-refractivity contribution is 0.0994. The number of rotatable bonds is 4. The molecule has 90 valence electrons. The fraction of sp³-hybridized carbons (Fsp3) is 0.455. The van der Waals surface area contributed by atoms with Gasteiger partial charge in [-0.15, -0.1) is 5.10 Å². The molecule has 2 aromatic rings. The van der Waals surface area contributed by atoms with Crippen LogP contribution in [0.3, 0.4) is 0 Å². The zero-order valence-electron chi connectivity index (χ0n) is 10.0. The smallest absolute Gasteiger partial charge is 0.182 e.